The first kappa shape index (κ1) is 21.5. The van der Waals surface area contributed by atoms with Gasteiger partial charge in [0.05, 0.1) is 11.9 Å². The largest absolute Gasteiger partial charge is 0.443 e. The van der Waals surface area contributed by atoms with Crippen LogP contribution in [0.1, 0.15) is 51.5 Å². The summed E-state index contributed by atoms with van der Waals surface area (Å²) >= 11 is 1.31. The maximum Gasteiger partial charge on any atom is 0.266 e. The van der Waals surface area contributed by atoms with E-state index >= 15 is 0 Å². The zero-order chi connectivity index (χ0) is 22.9. The summed E-state index contributed by atoms with van der Waals surface area (Å²) < 4.78 is 32.4. The van der Waals surface area contributed by atoms with Crippen molar-refractivity contribution in [3.63, 3.8) is 0 Å². The number of amides is 1. The quantitative estimate of drug-likeness (QED) is 0.365. The van der Waals surface area contributed by atoms with Crippen LogP contribution in [0.2, 0.25) is 0 Å². The van der Waals surface area contributed by atoms with Crippen LogP contribution in [0.3, 0.4) is 0 Å². The van der Waals surface area contributed by atoms with Crippen molar-refractivity contribution in [2.24, 2.45) is 0 Å². The third kappa shape index (κ3) is 4.43. The van der Waals surface area contributed by atoms with Gasteiger partial charge < -0.3 is 9.32 Å². The summed E-state index contributed by atoms with van der Waals surface area (Å²) in [4.78, 5) is 24.8. The lowest BCUT2D eigenvalue weighted by molar-refractivity contribution is 0.0718. The highest BCUT2D eigenvalue weighted by molar-refractivity contribution is 7.17. The van der Waals surface area contributed by atoms with Crippen LogP contribution < -0.4 is 0 Å². The average Bonchev–Trinajstić information content (AvgIpc) is 3.55. The van der Waals surface area contributed by atoms with Crippen molar-refractivity contribution >= 4 is 17.2 Å². The highest BCUT2D eigenvalue weighted by atomic mass is 32.1. The van der Waals surface area contributed by atoms with Gasteiger partial charge in [-0.2, -0.15) is 0 Å². The van der Waals surface area contributed by atoms with E-state index < -0.39 is 0 Å². The molecule has 1 amide bonds. The summed E-state index contributed by atoms with van der Waals surface area (Å²) in [6, 6.07) is 12.1. The maximum atomic E-state index is 13.4. The summed E-state index contributed by atoms with van der Waals surface area (Å²) in [5.41, 5.74) is 2.35. The zero-order valence-electron chi connectivity index (χ0n) is 17.9. The van der Waals surface area contributed by atoms with Gasteiger partial charge in [0.25, 0.3) is 5.91 Å². The maximum absolute atomic E-state index is 13.4. The Morgan fingerprint density at radius 3 is 2.55 bits per heavy atom. The van der Waals surface area contributed by atoms with Gasteiger partial charge in [-0.15, -0.1) is 11.3 Å². The lowest BCUT2D eigenvalue weighted by Crippen LogP contribution is -2.30. The zero-order valence-corrected chi connectivity index (χ0v) is 18.7. The summed E-state index contributed by atoms with van der Waals surface area (Å²) in [5, 5.41) is 0.685. The summed E-state index contributed by atoms with van der Waals surface area (Å²) in [6.07, 6.45) is 3.80. The SMILES string of the molecule is Cc1nc(-c2ccc(F)cc2)sc1C(=O)N1CCC[C@@H]1c1ncc(Cc2ccc(F)cc2)o1. The van der Waals surface area contributed by atoms with E-state index in [9.17, 15) is 13.6 Å². The van der Waals surface area contributed by atoms with E-state index in [4.69, 9.17) is 4.42 Å². The van der Waals surface area contributed by atoms with Crippen LogP contribution in [0.4, 0.5) is 8.78 Å². The molecule has 2 aromatic carbocycles. The number of hydrogen-bond acceptors (Lipinski definition) is 5. The van der Waals surface area contributed by atoms with E-state index in [0.29, 0.717) is 40.2 Å². The van der Waals surface area contributed by atoms with E-state index in [1.54, 1.807) is 35.4 Å². The molecule has 33 heavy (non-hydrogen) atoms. The average molecular weight is 466 g/mol. The molecule has 1 atom stereocenters. The van der Waals surface area contributed by atoms with Crippen molar-refractivity contribution in [1.82, 2.24) is 14.9 Å². The van der Waals surface area contributed by atoms with Crippen LogP contribution in [-0.2, 0) is 6.42 Å². The van der Waals surface area contributed by atoms with E-state index in [1.807, 2.05) is 6.92 Å². The lowest BCUT2D eigenvalue weighted by Gasteiger charge is -2.21. The molecule has 2 aromatic heterocycles. The minimum absolute atomic E-state index is 0.0980. The van der Waals surface area contributed by atoms with Gasteiger partial charge in [0.15, 0.2) is 0 Å². The molecule has 5 nitrogen and oxygen atoms in total. The van der Waals surface area contributed by atoms with Crippen LogP contribution in [0, 0.1) is 18.6 Å². The molecule has 3 heterocycles. The number of thiazole rings is 1. The molecule has 168 valence electrons. The monoisotopic (exact) mass is 465 g/mol. The molecule has 0 bridgehead atoms. The van der Waals surface area contributed by atoms with Gasteiger partial charge in [-0.1, -0.05) is 12.1 Å². The van der Waals surface area contributed by atoms with Crippen molar-refractivity contribution in [3.05, 3.63) is 94.1 Å². The second-order valence-corrected chi connectivity index (χ2v) is 9.06. The fraction of sp³-hybridized carbons (Fsp3) is 0.240. The second-order valence-electron chi connectivity index (χ2n) is 8.07. The van der Waals surface area contributed by atoms with E-state index in [0.717, 1.165) is 24.0 Å². The number of halogens is 2. The number of aromatic nitrogens is 2. The standard InChI is InChI=1S/C25H21F2N3O2S/c1-15-22(33-24(29-15)17-6-10-19(27)11-7-17)25(31)30-12-2-3-21(30)23-28-14-20(32-23)13-16-4-8-18(26)9-5-16/h4-11,14,21H,2-3,12-13H2,1H3/t21-/m1/s1. The number of likely N-dealkylation sites (tertiary alicyclic amines) is 1. The fourth-order valence-electron chi connectivity index (χ4n) is 4.07. The molecule has 8 heteroatoms. The third-order valence-electron chi connectivity index (χ3n) is 5.74. The number of oxazole rings is 1. The highest BCUT2D eigenvalue weighted by Gasteiger charge is 2.35. The Morgan fingerprint density at radius 1 is 1.12 bits per heavy atom. The Labute approximate surface area is 193 Å². The first-order valence-electron chi connectivity index (χ1n) is 10.7. The Bertz CT molecular complexity index is 1280. The van der Waals surface area contributed by atoms with Crippen molar-refractivity contribution in [3.8, 4) is 10.6 Å². The Balaban J connectivity index is 1.35. The lowest BCUT2D eigenvalue weighted by atomic mass is 10.1. The summed E-state index contributed by atoms with van der Waals surface area (Å²) in [6.45, 7) is 2.43. The van der Waals surface area contributed by atoms with Crippen LogP contribution >= 0.6 is 11.3 Å². The van der Waals surface area contributed by atoms with Crippen molar-refractivity contribution in [2.75, 3.05) is 6.54 Å². The van der Waals surface area contributed by atoms with Crippen molar-refractivity contribution in [2.45, 2.75) is 32.2 Å². The molecule has 1 aliphatic heterocycles. The predicted octanol–water partition coefficient (Wildman–Crippen LogP) is 5.95. The van der Waals surface area contributed by atoms with Gasteiger partial charge in [0.1, 0.15) is 33.3 Å². The van der Waals surface area contributed by atoms with Crippen LogP contribution in [0.15, 0.2) is 59.1 Å². The number of rotatable bonds is 5. The Hall–Kier alpha value is -3.39. The van der Waals surface area contributed by atoms with Gasteiger partial charge in [-0.05, 0) is 61.7 Å². The third-order valence-corrected chi connectivity index (χ3v) is 6.94. The van der Waals surface area contributed by atoms with Crippen LogP contribution in [0.25, 0.3) is 10.6 Å². The molecule has 0 spiro atoms. The Morgan fingerprint density at radius 2 is 1.82 bits per heavy atom. The first-order valence-corrected chi connectivity index (χ1v) is 11.5. The number of hydrogen-bond donors (Lipinski definition) is 0. The fourth-order valence-corrected chi connectivity index (χ4v) is 5.10. The number of nitrogens with zero attached hydrogens (tertiary/aromatic N) is 3. The van der Waals surface area contributed by atoms with Gasteiger partial charge in [-0.25, -0.2) is 18.7 Å². The predicted molar refractivity (Wildman–Crippen MR) is 121 cm³/mol. The summed E-state index contributed by atoms with van der Waals surface area (Å²) in [7, 11) is 0. The van der Waals surface area contributed by atoms with Gasteiger partial charge in [0.2, 0.25) is 5.89 Å². The minimum atomic E-state index is -0.312. The molecule has 0 aliphatic carbocycles. The molecule has 1 aliphatic rings. The molecule has 0 N–H and O–H groups in total. The first-order chi connectivity index (χ1) is 16.0. The van der Waals surface area contributed by atoms with Crippen LogP contribution in [0.5, 0.6) is 0 Å². The number of carbonyl (C=O) groups is 1. The van der Waals surface area contributed by atoms with E-state index in [2.05, 4.69) is 9.97 Å². The van der Waals surface area contributed by atoms with Crippen molar-refractivity contribution < 1.29 is 18.0 Å². The summed E-state index contributed by atoms with van der Waals surface area (Å²) in [5.74, 6) is 0.493. The second kappa shape index (κ2) is 8.86. The normalized spacial score (nSPS) is 15.8. The van der Waals surface area contributed by atoms with Gasteiger partial charge >= 0.3 is 0 Å². The molecule has 0 radical (unpaired) electrons. The smallest absolute Gasteiger partial charge is 0.266 e. The van der Waals surface area contributed by atoms with Gasteiger partial charge in [0, 0.05) is 18.5 Å². The van der Waals surface area contributed by atoms with Gasteiger partial charge in [-0.3, -0.25) is 4.79 Å². The van der Waals surface area contributed by atoms with E-state index in [-0.39, 0.29) is 23.6 Å². The number of aryl methyl sites for hydroxylation is 1. The molecule has 1 fully saturated rings. The molecule has 0 saturated carbocycles. The van der Waals surface area contributed by atoms with Crippen LogP contribution in [-0.4, -0.2) is 27.3 Å². The van der Waals surface area contributed by atoms with Crippen molar-refractivity contribution in [1.29, 1.82) is 0 Å². The highest BCUT2D eigenvalue weighted by Crippen LogP contribution is 2.36. The molecular weight excluding hydrogens is 444 g/mol. The number of benzene rings is 2. The Kier molecular flexibility index (Phi) is 5.76. The molecule has 0 unspecified atom stereocenters. The minimum Gasteiger partial charge on any atom is -0.443 e. The topological polar surface area (TPSA) is 59.2 Å². The molecule has 4 aromatic rings. The number of carbonyl (C=O) groups excluding carboxylic acids is 1. The van der Waals surface area contributed by atoms with E-state index in [1.165, 1.54) is 35.6 Å². The molecular formula is C25H21F2N3O2S. The molecule has 5 rings (SSSR count). The molecule has 1 saturated heterocycles.